The minimum absolute atomic E-state index is 0.0877. The molecule has 0 aliphatic carbocycles. The molecule has 1 aliphatic heterocycles. The van der Waals surface area contributed by atoms with Crippen molar-refractivity contribution in [1.82, 2.24) is 4.90 Å². The van der Waals surface area contributed by atoms with Crippen LogP contribution in [0.15, 0.2) is 0 Å². The molecule has 0 aromatic heterocycles. The van der Waals surface area contributed by atoms with Crippen molar-refractivity contribution >= 4 is 12.1 Å². The number of unbranched alkanes of at least 4 members (excludes halogenated alkanes) is 2. The summed E-state index contributed by atoms with van der Waals surface area (Å²) in [6, 6.07) is 0.104. The van der Waals surface area contributed by atoms with Crippen LogP contribution in [0.2, 0.25) is 0 Å². The number of rotatable bonds is 6. The Kier molecular flexibility index (Phi) is 7.41. The van der Waals surface area contributed by atoms with Crippen molar-refractivity contribution in [3.05, 3.63) is 0 Å². The van der Waals surface area contributed by atoms with E-state index < -0.39 is 0 Å². The molecule has 0 bridgehead atoms. The molecule has 0 unspecified atom stereocenters. The van der Waals surface area contributed by atoms with E-state index in [1.165, 1.54) is 20.6 Å². The van der Waals surface area contributed by atoms with E-state index in [9.17, 15) is 9.59 Å². The van der Waals surface area contributed by atoms with Gasteiger partial charge in [0.25, 0.3) is 0 Å². The highest BCUT2D eigenvalue weighted by molar-refractivity contribution is 5.73. The Morgan fingerprint density at radius 2 is 1.80 bits per heavy atom. The van der Waals surface area contributed by atoms with E-state index in [1.54, 1.807) is 4.90 Å². The number of ether oxygens (including phenoxy) is 2. The van der Waals surface area contributed by atoms with Crippen LogP contribution in [0.5, 0.6) is 0 Å². The number of nitrogens with zero attached hydrogens (tertiary/aromatic N) is 1. The first-order chi connectivity index (χ1) is 9.63. The largest absolute Gasteiger partial charge is 0.469 e. The van der Waals surface area contributed by atoms with Gasteiger partial charge in [0.05, 0.1) is 20.6 Å². The van der Waals surface area contributed by atoms with Gasteiger partial charge in [-0.2, -0.15) is 0 Å². The molecule has 116 valence electrons. The molecule has 0 radical (unpaired) electrons. The van der Waals surface area contributed by atoms with Crippen molar-refractivity contribution in [2.75, 3.05) is 14.2 Å². The van der Waals surface area contributed by atoms with Gasteiger partial charge in [-0.3, -0.25) is 4.79 Å². The first-order valence-corrected chi connectivity index (χ1v) is 7.57. The van der Waals surface area contributed by atoms with Gasteiger partial charge in [-0.15, -0.1) is 0 Å². The van der Waals surface area contributed by atoms with Gasteiger partial charge in [-0.05, 0) is 25.7 Å². The number of likely N-dealkylation sites (tertiary alicyclic amines) is 1. The van der Waals surface area contributed by atoms with Gasteiger partial charge in [0.1, 0.15) is 0 Å². The van der Waals surface area contributed by atoms with Gasteiger partial charge in [-0.25, -0.2) is 4.79 Å². The molecule has 1 rings (SSSR count). The zero-order valence-electron chi connectivity index (χ0n) is 12.9. The summed E-state index contributed by atoms with van der Waals surface area (Å²) in [6.45, 7) is 2.17. The van der Waals surface area contributed by atoms with Gasteiger partial charge in [0.2, 0.25) is 0 Å². The van der Waals surface area contributed by atoms with Crippen LogP contribution in [0, 0.1) is 0 Å². The summed E-state index contributed by atoms with van der Waals surface area (Å²) in [5.41, 5.74) is 0. The number of amides is 1. The maximum Gasteiger partial charge on any atom is 0.409 e. The minimum Gasteiger partial charge on any atom is -0.469 e. The summed E-state index contributed by atoms with van der Waals surface area (Å²) in [5, 5.41) is 0. The van der Waals surface area contributed by atoms with Crippen molar-refractivity contribution in [3.63, 3.8) is 0 Å². The fourth-order valence-electron chi connectivity index (χ4n) is 2.96. The van der Waals surface area contributed by atoms with Gasteiger partial charge in [-0.1, -0.05) is 26.2 Å². The van der Waals surface area contributed by atoms with Crippen LogP contribution in [-0.2, 0) is 14.3 Å². The highest BCUT2D eigenvalue weighted by Crippen LogP contribution is 2.29. The third-order valence-corrected chi connectivity index (χ3v) is 4.02. The topological polar surface area (TPSA) is 55.8 Å². The smallest absolute Gasteiger partial charge is 0.409 e. The Morgan fingerprint density at radius 3 is 2.40 bits per heavy atom. The lowest BCUT2D eigenvalue weighted by molar-refractivity contribution is -0.142. The van der Waals surface area contributed by atoms with Gasteiger partial charge >= 0.3 is 12.1 Å². The zero-order chi connectivity index (χ0) is 15.0. The molecule has 5 heteroatoms. The molecule has 2 atom stereocenters. The highest BCUT2D eigenvalue weighted by Gasteiger charge is 2.35. The summed E-state index contributed by atoms with van der Waals surface area (Å²) >= 11 is 0. The Bertz CT molecular complexity index is 319. The molecule has 0 aromatic carbocycles. The van der Waals surface area contributed by atoms with Crippen molar-refractivity contribution in [1.29, 1.82) is 0 Å². The zero-order valence-corrected chi connectivity index (χ0v) is 12.9. The van der Waals surface area contributed by atoms with Crippen LogP contribution in [0.3, 0.4) is 0 Å². The van der Waals surface area contributed by atoms with Gasteiger partial charge in [0, 0.05) is 12.1 Å². The second-order valence-corrected chi connectivity index (χ2v) is 5.39. The van der Waals surface area contributed by atoms with Gasteiger partial charge < -0.3 is 14.4 Å². The molecule has 1 amide bonds. The van der Waals surface area contributed by atoms with E-state index in [0.29, 0.717) is 0 Å². The van der Waals surface area contributed by atoms with E-state index >= 15 is 0 Å². The van der Waals surface area contributed by atoms with Crippen LogP contribution in [0.4, 0.5) is 4.79 Å². The number of hydrogen-bond donors (Lipinski definition) is 0. The molecule has 0 N–H and O–H groups in total. The van der Waals surface area contributed by atoms with E-state index in [0.717, 1.165) is 38.5 Å². The lowest BCUT2D eigenvalue weighted by atomic mass is 9.91. The summed E-state index contributed by atoms with van der Waals surface area (Å²) in [5.74, 6) is -0.266. The average Bonchev–Trinajstić information content (AvgIpc) is 2.47. The van der Waals surface area contributed by atoms with Crippen molar-refractivity contribution in [2.45, 2.75) is 70.4 Å². The lowest BCUT2D eigenvalue weighted by Crippen LogP contribution is -2.50. The maximum atomic E-state index is 12.0. The molecule has 0 spiro atoms. The number of piperidine rings is 1. The average molecular weight is 285 g/mol. The third-order valence-electron chi connectivity index (χ3n) is 4.02. The minimum atomic E-state index is -0.319. The Hall–Kier alpha value is -1.26. The molecule has 1 saturated heterocycles. The normalized spacial score (nSPS) is 22.4. The maximum absolute atomic E-state index is 12.0. The number of hydrogen-bond acceptors (Lipinski definition) is 4. The Balaban J connectivity index is 2.71. The molecule has 0 saturated carbocycles. The third kappa shape index (κ3) is 4.69. The van der Waals surface area contributed by atoms with E-state index in [1.807, 2.05) is 0 Å². The molecule has 1 fully saturated rings. The number of carbonyl (C=O) groups excluding carboxylic acids is 2. The summed E-state index contributed by atoms with van der Waals surface area (Å²) in [4.78, 5) is 25.3. The van der Waals surface area contributed by atoms with Crippen LogP contribution in [0.1, 0.15) is 58.3 Å². The fraction of sp³-hybridized carbons (Fsp3) is 0.867. The predicted octanol–water partition coefficient (Wildman–Crippen LogP) is 3.12. The Labute approximate surface area is 121 Å². The molecular formula is C15H27NO4. The van der Waals surface area contributed by atoms with E-state index in [4.69, 9.17) is 9.47 Å². The lowest BCUT2D eigenvalue weighted by Gasteiger charge is -2.41. The SMILES string of the molecule is CCCCC[C@H]1CCC[C@@H](CC(=O)OC)N1C(=O)OC. The molecule has 20 heavy (non-hydrogen) atoms. The standard InChI is InChI=1S/C15H27NO4/c1-4-5-6-8-12-9-7-10-13(11-14(17)19-2)16(12)15(18)20-3/h12-13H,4-11H2,1-3H3/t12-,13-/m0/s1. The number of esters is 1. The summed E-state index contributed by atoms with van der Waals surface area (Å²) in [7, 11) is 2.78. The second-order valence-electron chi connectivity index (χ2n) is 5.39. The van der Waals surface area contributed by atoms with Gasteiger partial charge in [0.15, 0.2) is 0 Å². The predicted molar refractivity (Wildman–Crippen MR) is 76.4 cm³/mol. The summed E-state index contributed by atoms with van der Waals surface area (Å²) in [6.07, 6.45) is 7.26. The second kappa shape index (κ2) is 8.82. The molecule has 0 aromatic rings. The van der Waals surface area contributed by atoms with Crippen molar-refractivity contribution in [2.24, 2.45) is 0 Å². The first-order valence-electron chi connectivity index (χ1n) is 7.57. The fourth-order valence-corrected chi connectivity index (χ4v) is 2.96. The summed E-state index contributed by atoms with van der Waals surface area (Å²) < 4.78 is 9.64. The van der Waals surface area contributed by atoms with E-state index in [-0.39, 0.29) is 30.6 Å². The van der Waals surface area contributed by atoms with Crippen LogP contribution < -0.4 is 0 Å². The van der Waals surface area contributed by atoms with Crippen molar-refractivity contribution < 1.29 is 19.1 Å². The monoisotopic (exact) mass is 285 g/mol. The van der Waals surface area contributed by atoms with E-state index in [2.05, 4.69) is 6.92 Å². The highest BCUT2D eigenvalue weighted by atomic mass is 16.5. The molecule has 1 heterocycles. The van der Waals surface area contributed by atoms with Crippen molar-refractivity contribution in [3.8, 4) is 0 Å². The number of methoxy groups -OCH3 is 2. The Morgan fingerprint density at radius 1 is 1.10 bits per heavy atom. The van der Waals surface area contributed by atoms with Crippen LogP contribution in [0.25, 0.3) is 0 Å². The van der Waals surface area contributed by atoms with Crippen LogP contribution >= 0.6 is 0 Å². The van der Waals surface area contributed by atoms with Crippen LogP contribution in [-0.4, -0.2) is 43.3 Å². The first kappa shape index (κ1) is 16.8. The quantitative estimate of drug-likeness (QED) is 0.556. The number of carbonyl (C=O) groups is 2. The molecule has 5 nitrogen and oxygen atoms in total. The molecular weight excluding hydrogens is 258 g/mol. The molecule has 1 aliphatic rings.